The minimum atomic E-state index is 0. The number of likely N-dealkylation sites (tertiary alicyclic amines) is 1. The van der Waals surface area contributed by atoms with E-state index in [0.29, 0.717) is 18.4 Å². The van der Waals surface area contributed by atoms with Crippen molar-refractivity contribution < 1.29 is 4.79 Å². The van der Waals surface area contributed by atoms with Gasteiger partial charge in [-0.2, -0.15) is 0 Å². The Labute approximate surface area is 139 Å². The molecule has 1 aromatic carbocycles. The monoisotopic (exact) mass is 322 g/mol. The molecule has 3 atom stereocenters. The minimum absolute atomic E-state index is 0. The van der Waals surface area contributed by atoms with Crippen molar-refractivity contribution in [3.63, 3.8) is 0 Å². The van der Waals surface area contributed by atoms with Gasteiger partial charge in [-0.3, -0.25) is 4.79 Å². The van der Waals surface area contributed by atoms with Crippen LogP contribution in [0.5, 0.6) is 0 Å². The SMILES string of the molecule is CC1(c2ccccc2)CCN(C(=O)[C@@H]2CCC[C@@H]2CN)C1.Cl. The summed E-state index contributed by atoms with van der Waals surface area (Å²) < 4.78 is 0. The van der Waals surface area contributed by atoms with Crippen LogP contribution in [-0.2, 0) is 10.2 Å². The Balaban J connectivity index is 0.00000176. The van der Waals surface area contributed by atoms with Gasteiger partial charge in [-0.05, 0) is 37.3 Å². The average molecular weight is 323 g/mol. The molecular weight excluding hydrogens is 296 g/mol. The number of halogens is 1. The zero-order valence-electron chi connectivity index (χ0n) is 13.3. The fourth-order valence-electron chi connectivity index (χ4n) is 4.10. The Bertz CT molecular complexity index is 507. The van der Waals surface area contributed by atoms with Crippen LogP contribution in [0.4, 0.5) is 0 Å². The van der Waals surface area contributed by atoms with Crippen LogP contribution in [0.2, 0.25) is 0 Å². The van der Waals surface area contributed by atoms with Crippen molar-refractivity contribution in [2.24, 2.45) is 17.6 Å². The molecule has 0 aromatic heterocycles. The number of amides is 1. The number of hydrogen-bond donors (Lipinski definition) is 1. The molecule has 22 heavy (non-hydrogen) atoms. The summed E-state index contributed by atoms with van der Waals surface area (Å²) >= 11 is 0. The molecule has 0 radical (unpaired) electrons. The summed E-state index contributed by atoms with van der Waals surface area (Å²) in [6.07, 6.45) is 4.36. The summed E-state index contributed by atoms with van der Waals surface area (Å²) in [6.45, 7) is 4.67. The van der Waals surface area contributed by atoms with Gasteiger partial charge in [0.25, 0.3) is 0 Å². The van der Waals surface area contributed by atoms with Crippen molar-refractivity contribution in [2.75, 3.05) is 19.6 Å². The number of hydrogen-bond acceptors (Lipinski definition) is 2. The molecule has 2 aliphatic rings. The lowest BCUT2D eigenvalue weighted by molar-refractivity contribution is -0.135. The topological polar surface area (TPSA) is 46.3 Å². The summed E-state index contributed by atoms with van der Waals surface area (Å²) in [7, 11) is 0. The third-order valence-corrected chi connectivity index (χ3v) is 5.53. The van der Waals surface area contributed by atoms with Gasteiger partial charge in [0.15, 0.2) is 0 Å². The van der Waals surface area contributed by atoms with E-state index in [-0.39, 0.29) is 23.7 Å². The first-order valence-corrected chi connectivity index (χ1v) is 8.18. The van der Waals surface area contributed by atoms with Crippen molar-refractivity contribution >= 4 is 18.3 Å². The van der Waals surface area contributed by atoms with Gasteiger partial charge in [0, 0.05) is 24.4 Å². The van der Waals surface area contributed by atoms with E-state index in [2.05, 4.69) is 42.2 Å². The largest absolute Gasteiger partial charge is 0.342 e. The summed E-state index contributed by atoms with van der Waals surface area (Å²) in [5.74, 6) is 0.928. The molecule has 1 amide bonds. The molecule has 1 aliphatic carbocycles. The van der Waals surface area contributed by atoms with Crippen LogP contribution in [0, 0.1) is 11.8 Å². The van der Waals surface area contributed by atoms with Crippen LogP contribution in [0.15, 0.2) is 30.3 Å². The number of nitrogens with two attached hydrogens (primary N) is 1. The van der Waals surface area contributed by atoms with Crippen LogP contribution in [0.3, 0.4) is 0 Å². The van der Waals surface area contributed by atoms with Gasteiger partial charge in [-0.15, -0.1) is 12.4 Å². The molecule has 0 bridgehead atoms. The molecule has 2 N–H and O–H groups in total. The highest BCUT2D eigenvalue weighted by molar-refractivity contribution is 5.85. The van der Waals surface area contributed by atoms with Gasteiger partial charge < -0.3 is 10.6 Å². The smallest absolute Gasteiger partial charge is 0.226 e. The van der Waals surface area contributed by atoms with E-state index >= 15 is 0 Å². The maximum atomic E-state index is 12.8. The standard InChI is InChI=1S/C18H26N2O.ClH/c1-18(15-7-3-2-4-8-15)10-11-20(13-18)17(21)16-9-5-6-14(16)12-19;/h2-4,7-8,14,16H,5-6,9-13,19H2,1H3;1H/t14-,16-,18?;/m1./s1. The Kier molecular flexibility index (Phi) is 5.51. The zero-order valence-corrected chi connectivity index (χ0v) is 14.1. The van der Waals surface area contributed by atoms with Gasteiger partial charge >= 0.3 is 0 Å². The second-order valence-electron chi connectivity index (χ2n) is 6.97. The van der Waals surface area contributed by atoms with E-state index in [1.807, 2.05) is 0 Å². The van der Waals surface area contributed by atoms with E-state index in [0.717, 1.165) is 38.8 Å². The summed E-state index contributed by atoms with van der Waals surface area (Å²) in [4.78, 5) is 14.9. The van der Waals surface area contributed by atoms with Crippen molar-refractivity contribution in [1.82, 2.24) is 4.90 Å². The highest BCUT2D eigenvalue weighted by Crippen LogP contribution is 2.38. The van der Waals surface area contributed by atoms with Crippen LogP contribution < -0.4 is 5.73 Å². The van der Waals surface area contributed by atoms with Gasteiger partial charge in [0.2, 0.25) is 5.91 Å². The molecular formula is C18H27ClN2O. The molecule has 4 heteroatoms. The second-order valence-corrected chi connectivity index (χ2v) is 6.97. The minimum Gasteiger partial charge on any atom is -0.342 e. The van der Waals surface area contributed by atoms with Gasteiger partial charge in [0.1, 0.15) is 0 Å². The number of carbonyl (C=O) groups excluding carboxylic acids is 1. The predicted molar refractivity (Wildman–Crippen MR) is 92.1 cm³/mol. The van der Waals surface area contributed by atoms with Gasteiger partial charge in [-0.1, -0.05) is 43.7 Å². The van der Waals surface area contributed by atoms with Crippen molar-refractivity contribution in [1.29, 1.82) is 0 Å². The van der Waals surface area contributed by atoms with E-state index in [1.165, 1.54) is 5.56 Å². The molecule has 1 heterocycles. The maximum Gasteiger partial charge on any atom is 0.226 e. The molecule has 122 valence electrons. The Hall–Kier alpha value is -1.06. The molecule has 2 fully saturated rings. The van der Waals surface area contributed by atoms with Gasteiger partial charge in [-0.25, -0.2) is 0 Å². The molecule has 1 unspecified atom stereocenters. The first kappa shape index (κ1) is 17.3. The van der Waals surface area contributed by atoms with Crippen LogP contribution >= 0.6 is 12.4 Å². The molecule has 1 aromatic rings. The van der Waals surface area contributed by atoms with E-state index < -0.39 is 0 Å². The molecule has 0 spiro atoms. The number of benzene rings is 1. The Morgan fingerprint density at radius 3 is 2.73 bits per heavy atom. The quantitative estimate of drug-likeness (QED) is 0.930. The van der Waals surface area contributed by atoms with Crippen LogP contribution in [0.1, 0.15) is 38.2 Å². The third kappa shape index (κ3) is 3.16. The van der Waals surface area contributed by atoms with Crippen molar-refractivity contribution in [3.05, 3.63) is 35.9 Å². The van der Waals surface area contributed by atoms with E-state index in [9.17, 15) is 4.79 Å². The first-order valence-electron chi connectivity index (χ1n) is 8.18. The first-order chi connectivity index (χ1) is 10.1. The van der Waals surface area contributed by atoms with Crippen LogP contribution in [0.25, 0.3) is 0 Å². The average Bonchev–Trinajstić information content (AvgIpc) is 3.14. The normalized spacial score (nSPS) is 31.1. The highest BCUT2D eigenvalue weighted by atomic mass is 35.5. The lowest BCUT2D eigenvalue weighted by atomic mass is 9.82. The van der Waals surface area contributed by atoms with Crippen LogP contribution in [-0.4, -0.2) is 30.4 Å². The number of nitrogens with zero attached hydrogens (tertiary/aromatic N) is 1. The maximum absolute atomic E-state index is 12.8. The molecule has 3 nitrogen and oxygen atoms in total. The van der Waals surface area contributed by atoms with E-state index in [4.69, 9.17) is 5.73 Å². The third-order valence-electron chi connectivity index (χ3n) is 5.53. The Morgan fingerprint density at radius 1 is 1.32 bits per heavy atom. The zero-order chi connectivity index (χ0) is 14.9. The predicted octanol–water partition coefficient (Wildman–Crippen LogP) is 2.97. The van der Waals surface area contributed by atoms with E-state index in [1.54, 1.807) is 0 Å². The van der Waals surface area contributed by atoms with Crippen molar-refractivity contribution in [3.8, 4) is 0 Å². The second kappa shape index (κ2) is 7.01. The Morgan fingerprint density at radius 2 is 2.05 bits per heavy atom. The molecule has 3 rings (SSSR count). The lowest BCUT2D eigenvalue weighted by Gasteiger charge is -2.28. The fourth-order valence-corrected chi connectivity index (χ4v) is 4.10. The summed E-state index contributed by atoms with van der Waals surface area (Å²) in [6, 6.07) is 10.6. The molecule has 1 saturated heterocycles. The lowest BCUT2D eigenvalue weighted by Crippen LogP contribution is -2.39. The number of rotatable bonds is 3. The summed E-state index contributed by atoms with van der Waals surface area (Å²) in [5, 5.41) is 0. The summed E-state index contributed by atoms with van der Waals surface area (Å²) in [5.41, 5.74) is 7.29. The molecule has 1 aliphatic heterocycles. The van der Waals surface area contributed by atoms with Gasteiger partial charge in [0.05, 0.1) is 0 Å². The van der Waals surface area contributed by atoms with Crippen molar-refractivity contribution in [2.45, 2.75) is 38.0 Å². The highest BCUT2D eigenvalue weighted by Gasteiger charge is 2.41. The molecule has 1 saturated carbocycles. The fraction of sp³-hybridized carbons (Fsp3) is 0.611. The number of carbonyl (C=O) groups is 1.